The Kier molecular flexibility index (Phi) is 7.67. The van der Waals surface area contributed by atoms with E-state index in [1.54, 1.807) is 18.2 Å². The number of thiophene rings is 1. The van der Waals surface area contributed by atoms with E-state index in [1.807, 2.05) is 42.6 Å². The number of hydrogen-bond donors (Lipinski definition) is 1. The van der Waals surface area contributed by atoms with Crippen LogP contribution in [0, 0.1) is 0 Å². The molecule has 1 heterocycles. The minimum Gasteiger partial charge on any atom is -0.490 e. The molecular weight excluding hydrogens is 414 g/mol. The number of esters is 1. The van der Waals surface area contributed by atoms with Crippen LogP contribution in [0.2, 0.25) is 0 Å². The summed E-state index contributed by atoms with van der Waals surface area (Å²) in [7, 11) is 1.32. The second-order valence-corrected chi connectivity index (χ2v) is 7.49. The van der Waals surface area contributed by atoms with Gasteiger partial charge in [0.15, 0.2) is 18.1 Å². The molecule has 0 aliphatic rings. The molecule has 2 aromatic carbocycles. The first-order valence-corrected chi connectivity index (χ1v) is 10.9. The highest BCUT2D eigenvalue weighted by molar-refractivity contribution is 7.15. The van der Waals surface area contributed by atoms with Gasteiger partial charge in [-0.25, -0.2) is 4.79 Å². The van der Waals surface area contributed by atoms with Crippen molar-refractivity contribution in [2.75, 3.05) is 25.6 Å². The highest BCUT2D eigenvalue weighted by Crippen LogP contribution is 2.36. The first-order valence-electron chi connectivity index (χ1n) is 10.0. The lowest BCUT2D eigenvalue weighted by Crippen LogP contribution is -2.21. The van der Waals surface area contributed by atoms with Gasteiger partial charge in [0, 0.05) is 10.9 Å². The maximum Gasteiger partial charge on any atom is 0.341 e. The number of methoxy groups -OCH3 is 1. The Labute approximate surface area is 185 Å². The van der Waals surface area contributed by atoms with Gasteiger partial charge >= 0.3 is 5.97 Å². The zero-order valence-corrected chi connectivity index (χ0v) is 18.6. The van der Waals surface area contributed by atoms with E-state index in [1.165, 1.54) is 24.0 Å². The van der Waals surface area contributed by atoms with Crippen LogP contribution in [-0.4, -0.2) is 32.2 Å². The number of carbonyl (C=O) groups excluding carboxylic acids is 2. The van der Waals surface area contributed by atoms with Crippen LogP contribution < -0.4 is 14.8 Å². The molecule has 0 radical (unpaired) electrons. The molecule has 1 N–H and O–H groups in total. The largest absolute Gasteiger partial charge is 0.490 e. The number of carbonyl (C=O) groups is 2. The number of ether oxygens (including phenoxy) is 3. The van der Waals surface area contributed by atoms with Crippen molar-refractivity contribution < 1.29 is 23.8 Å². The van der Waals surface area contributed by atoms with Gasteiger partial charge in [0.25, 0.3) is 5.91 Å². The molecule has 0 atom stereocenters. The lowest BCUT2D eigenvalue weighted by Gasteiger charge is -2.12. The molecule has 0 unspecified atom stereocenters. The first-order chi connectivity index (χ1) is 15.1. The SMILES string of the molecule is CCOc1ccccc1OCC(=O)Nc1scc(-c2ccc(CC)cc2)c1C(=O)OC. The van der Waals surface area contributed by atoms with Crippen molar-refractivity contribution in [2.45, 2.75) is 20.3 Å². The van der Waals surface area contributed by atoms with Gasteiger partial charge in [-0.2, -0.15) is 0 Å². The topological polar surface area (TPSA) is 73.9 Å². The predicted molar refractivity (Wildman–Crippen MR) is 122 cm³/mol. The molecular formula is C24H25NO5S. The van der Waals surface area contributed by atoms with Gasteiger partial charge in [0.2, 0.25) is 0 Å². The molecule has 3 rings (SSSR count). The van der Waals surface area contributed by atoms with Crippen LogP contribution in [0.5, 0.6) is 11.5 Å². The summed E-state index contributed by atoms with van der Waals surface area (Å²) in [5.41, 5.74) is 3.14. The number of aryl methyl sites for hydroxylation is 1. The normalized spacial score (nSPS) is 10.4. The summed E-state index contributed by atoms with van der Waals surface area (Å²) in [6.45, 7) is 4.24. The third-order valence-electron chi connectivity index (χ3n) is 4.61. The lowest BCUT2D eigenvalue weighted by molar-refractivity contribution is -0.118. The van der Waals surface area contributed by atoms with Crippen molar-refractivity contribution in [1.82, 2.24) is 0 Å². The van der Waals surface area contributed by atoms with Crippen LogP contribution in [0.3, 0.4) is 0 Å². The van der Waals surface area contributed by atoms with Gasteiger partial charge < -0.3 is 19.5 Å². The summed E-state index contributed by atoms with van der Waals surface area (Å²) in [4.78, 5) is 25.0. The molecule has 0 spiro atoms. The zero-order valence-electron chi connectivity index (χ0n) is 17.8. The van der Waals surface area contributed by atoms with E-state index in [4.69, 9.17) is 14.2 Å². The van der Waals surface area contributed by atoms with Crippen molar-refractivity contribution in [3.63, 3.8) is 0 Å². The number of rotatable bonds is 9. The van der Waals surface area contributed by atoms with Crippen LogP contribution in [-0.2, 0) is 16.0 Å². The third-order valence-corrected chi connectivity index (χ3v) is 5.51. The Morgan fingerprint density at radius 1 is 0.968 bits per heavy atom. The molecule has 31 heavy (non-hydrogen) atoms. The van der Waals surface area contributed by atoms with Crippen LogP contribution in [0.25, 0.3) is 11.1 Å². The fourth-order valence-corrected chi connectivity index (χ4v) is 4.01. The Balaban J connectivity index is 1.77. The van der Waals surface area contributed by atoms with Gasteiger partial charge in [0.1, 0.15) is 10.6 Å². The van der Waals surface area contributed by atoms with Crippen molar-refractivity contribution in [2.24, 2.45) is 0 Å². The number of amides is 1. The van der Waals surface area contributed by atoms with Gasteiger partial charge in [-0.3, -0.25) is 4.79 Å². The Morgan fingerprint density at radius 2 is 1.65 bits per heavy atom. The van der Waals surface area contributed by atoms with Gasteiger partial charge in [0.05, 0.1) is 13.7 Å². The monoisotopic (exact) mass is 439 g/mol. The van der Waals surface area contributed by atoms with Crippen molar-refractivity contribution in [3.05, 3.63) is 65.0 Å². The molecule has 3 aromatic rings. The summed E-state index contributed by atoms with van der Waals surface area (Å²) in [5, 5.41) is 5.04. The van der Waals surface area contributed by atoms with E-state index in [0.29, 0.717) is 28.7 Å². The molecule has 0 fully saturated rings. The molecule has 0 saturated carbocycles. The number of para-hydroxylation sites is 2. The molecule has 0 bridgehead atoms. The van der Waals surface area contributed by atoms with Gasteiger partial charge in [-0.1, -0.05) is 43.3 Å². The van der Waals surface area contributed by atoms with Crippen molar-refractivity contribution >= 4 is 28.2 Å². The van der Waals surface area contributed by atoms with E-state index < -0.39 is 5.97 Å². The first kappa shape index (κ1) is 22.4. The second kappa shape index (κ2) is 10.6. The van der Waals surface area contributed by atoms with Crippen LogP contribution in [0.4, 0.5) is 5.00 Å². The average Bonchev–Trinajstić information content (AvgIpc) is 3.21. The molecule has 0 aliphatic heterocycles. The Morgan fingerprint density at radius 3 is 2.26 bits per heavy atom. The van der Waals surface area contributed by atoms with E-state index in [2.05, 4.69) is 12.2 Å². The standard InChI is InChI=1S/C24H25NO5S/c1-4-16-10-12-17(13-11-16)18-15-31-23(22(18)24(27)28-3)25-21(26)14-30-20-9-7-6-8-19(20)29-5-2/h6-13,15H,4-5,14H2,1-3H3,(H,25,26). The summed E-state index contributed by atoms with van der Waals surface area (Å²) in [6, 6.07) is 15.1. The number of anilines is 1. The number of nitrogens with one attached hydrogen (secondary N) is 1. The highest BCUT2D eigenvalue weighted by atomic mass is 32.1. The maximum atomic E-state index is 12.5. The summed E-state index contributed by atoms with van der Waals surface area (Å²) >= 11 is 1.27. The predicted octanol–water partition coefficient (Wildman–Crippen LogP) is 5.18. The smallest absolute Gasteiger partial charge is 0.341 e. The minimum absolute atomic E-state index is 0.219. The summed E-state index contributed by atoms with van der Waals surface area (Å²) in [6.07, 6.45) is 0.932. The van der Waals surface area contributed by atoms with E-state index in [-0.39, 0.29) is 12.5 Å². The highest BCUT2D eigenvalue weighted by Gasteiger charge is 2.22. The Hall–Kier alpha value is -3.32. The zero-order chi connectivity index (χ0) is 22.2. The van der Waals surface area contributed by atoms with E-state index >= 15 is 0 Å². The summed E-state index contributed by atoms with van der Waals surface area (Å²) in [5.74, 6) is 0.164. The van der Waals surface area contributed by atoms with Crippen LogP contribution in [0.15, 0.2) is 53.9 Å². The number of hydrogen-bond acceptors (Lipinski definition) is 6. The van der Waals surface area contributed by atoms with Crippen molar-refractivity contribution in [3.8, 4) is 22.6 Å². The fourth-order valence-electron chi connectivity index (χ4n) is 3.04. The van der Waals surface area contributed by atoms with E-state index in [9.17, 15) is 9.59 Å². The van der Waals surface area contributed by atoms with Gasteiger partial charge in [-0.15, -0.1) is 11.3 Å². The molecule has 0 saturated heterocycles. The van der Waals surface area contributed by atoms with E-state index in [0.717, 1.165) is 17.5 Å². The third kappa shape index (κ3) is 5.44. The quantitative estimate of drug-likeness (QED) is 0.465. The minimum atomic E-state index is -0.506. The number of benzene rings is 2. The molecule has 1 aromatic heterocycles. The second-order valence-electron chi connectivity index (χ2n) is 6.61. The maximum absolute atomic E-state index is 12.5. The van der Waals surface area contributed by atoms with Crippen LogP contribution >= 0.6 is 11.3 Å². The molecule has 1 amide bonds. The molecule has 7 heteroatoms. The lowest BCUT2D eigenvalue weighted by atomic mass is 10.0. The summed E-state index contributed by atoms with van der Waals surface area (Å²) < 4.78 is 16.1. The average molecular weight is 440 g/mol. The van der Waals surface area contributed by atoms with Crippen LogP contribution in [0.1, 0.15) is 29.8 Å². The molecule has 0 aliphatic carbocycles. The van der Waals surface area contributed by atoms with Crippen molar-refractivity contribution in [1.29, 1.82) is 0 Å². The molecule has 6 nitrogen and oxygen atoms in total. The fraction of sp³-hybridized carbons (Fsp3) is 0.250. The molecule has 162 valence electrons. The van der Waals surface area contributed by atoms with Gasteiger partial charge in [-0.05, 0) is 36.6 Å². The Bertz CT molecular complexity index is 1040.